The second-order valence-corrected chi connectivity index (χ2v) is 25.7. The maximum Gasteiger partial charge on any atom is 0.252 e. The number of fused-ring (bicyclic) bond motifs is 7. The van der Waals surface area contributed by atoms with Crippen LogP contribution in [0, 0.1) is 0 Å². The Labute approximate surface area is 443 Å². The number of para-hydroxylation sites is 2. The van der Waals surface area contributed by atoms with Gasteiger partial charge in [-0.1, -0.05) is 216 Å². The van der Waals surface area contributed by atoms with E-state index in [4.69, 9.17) is 0 Å². The topological polar surface area (TPSA) is 9.72 Å². The van der Waals surface area contributed by atoms with Crippen molar-refractivity contribution in [3.8, 4) is 22.3 Å². The van der Waals surface area contributed by atoms with Gasteiger partial charge in [0.05, 0.1) is 16.9 Å². The molecule has 1 saturated carbocycles. The van der Waals surface area contributed by atoms with Crippen LogP contribution in [-0.4, -0.2) is 12.3 Å². The molecule has 3 aliphatic heterocycles. The second kappa shape index (κ2) is 17.4. The van der Waals surface area contributed by atoms with Gasteiger partial charge in [-0.15, -0.1) is 0 Å². The van der Waals surface area contributed by atoms with Crippen molar-refractivity contribution in [1.29, 1.82) is 0 Å². The van der Waals surface area contributed by atoms with Gasteiger partial charge in [-0.05, 0) is 140 Å². The van der Waals surface area contributed by atoms with Crippen molar-refractivity contribution in [3.63, 3.8) is 0 Å². The van der Waals surface area contributed by atoms with E-state index in [1.807, 2.05) is 0 Å². The summed E-state index contributed by atoms with van der Waals surface area (Å²) in [6, 6.07) is 68.4. The molecule has 0 saturated heterocycles. The summed E-state index contributed by atoms with van der Waals surface area (Å²) in [5.41, 5.74) is 24.0. The zero-order chi connectivity index (χ0) is 51.5. The molecule has 12 rings (SSSR count). The van der Waals surface area contributed by atoms with Crippen molar-refractivity contribution in [3.05, 3.63) is 198 Å². The largest absolute Gasteiger partial charge is 0.334 e. The zero-order valence-corrected chi connectivity index (χ0v) is 45.9. The number of nitrogens with zero attached hydrogens (tertiary/aromatic N) is 3. The van der Waals surface area contributed by atoms with Crippen molar-refractivity contribution < 1.29 is 0 Å². The van der Waals surface area contributed by atoms with Crippen molar-refractivity contribution >= 4 is 68.6 Å². The Kier molecular flexibility index (Phi) is 11.3. The minimum Gasteiger partial charge on any atom is -0.334 e. The van der Waals surface area contributed by atoms with Gasteiger partial charge in [-0.3, -0.25) is 0 Å². The maximum absolute atomic E-state index is 2.83. The predicted octanol–water partition coefficient (Wildman–Crippen LogP) is 17.5. The lowest BCUT2D eigenvalue weighted by atomic mass is 9.33. The molecule has 4 heteroatoms. The minimum atomic E-state index is -0.168. The molecule has 0 N–H and O–H groups in total. The van der Waals surface area contributed by atoms with Crippen molar-refractivity contribution in [2.24, 2.45) is 0 Å². The number of hydrogen-bond donors (Lipinski definition) is 0. The van der Waals surface area contributed by atoms with Gasteiger partial charge < -0.3 is 14.7 Å². The van der Waals surface area contributed by atoms with Crippen LogP contribution in [0.1, 0.15) is 137 Å². The van der Waals surface area contributed by atoms with Gasteiger partial charge in [0.1, 0.15) is 0 Å². The number of benzene rings is 8. The van der Waals surface area contributed by atoms with E-state index in [2.05, 4.69) is 267 Å². The Morgan fingerprint density at radius 2 is 0.851 bits per heavy atom. The standard InChI is InChI=1S/C70H74BN3/c1-66(2,3)49-35-38-58(53(42-49)47-26-16-14-17-27-47)72-61-33-23-21-31-56(61)71-57-37-34-51(68(7,8)9)44-62(57)73(59-39-36-50(67(4,5)6)43-54(59)48-28-18-15-19-29-48)64-46-52(45-63(72)65(64)71)74-60-32-22-20-30-55(60)69(10)40-24-12-13-25-41-70(69,74)11/h14-23,26-39,42-46H,12-13,24-25,40-41H2,1-11H3. The quantitative estimate of drug-likeness (QED) is 0.159. The van der Waals surface area contributed by atoms with Crippen LogP contribution < -0.4 is 31.1 Å². The fourth-order valence-corrected chi connectivity index (χ4v) is 13.6. The molecule has 0 amide bonds. The number of rotatable bonds is 5. The third-order valence-electron chi connectivity index (χ3n) is 18.0. The lowest BCUT2D eigenvalue weighted by Gasteiger charge is -2.50. The highest BCUT2D eigenvalue weighted by Crippen LogP contribution is 2.61. The van der Waals surface area contributed by atoms with Gasteiger partial charge in [0.2, 0.25) is 0 Å². The van der Waals surface area contributed by atoms with Crippen LogP contribution in [0.25, 0.3) is 22.3 Å². The Morgan fingerprint density at radius 1 is 0.392 bits per heavy atom. The zero-order valence-electron chi connectivity index (χ0n) is 45.9. The fourth-order valence-electron chi connectivity index (χ4n) is 13.6. The molecule has 372 valence electrons. The van der Waals surface area contributed by atoms with Crippen LogP contribution in [-0.2, 0) is 21.7 Å². The summed E-state index contributed by atoms with van der Waals surface area (Å²) in [5.74, 6) is 0. The maximum atomic E-state index is 2.83. The normalized spacial score (nSPS) is 19.2. The Morgan fingerprint density at radius 3 is 1.42 bits per heavy atom. The average molecular weight is 968 g/mol. The molecule has 3 nitrogen and oxygen atoms in total. The number of hydrogen-bond acceptors (Lipinski definition) is 3. The van der Waals surface area contributed by atoms with Crippen LogP contribution in [0.4, 0.5) is 45.5 Å². The van der Waals surface area contributed by atoms with E-state index in [1.54, 1.807) is 0 Å². The molecule has 3 heterocycles. The Hall–Kier alpha value is -6.78. The highest BCUT2D eigenvalue weighted by Gasteiger charge is 2.57. The highest BCUT2D eigenvalue weighted by molar-refractivity contribution is 7.00. The first kappa shape index (κ1) is 48.2. The Bertz CT molecular complexity index is 3460. The smallest absolute Gasteiger partial charge is 0.252 e. The van der Waals surface area contributed by atoms with E-state index in [1.165, 1.54) is 138 Å². The van der Waals surface area contributed by atoms with E-state index in [-0.39, 0.29) is 33.9 Å². The third kappa shape index (κ3) is 7.59. The van der Waals surface area contributed by atoms with E-state index < -0.39 is 0 Å². The predicted molar refractivity (Wildman–Crippen MR) is 319 cm³/mol. The molecule has 0 radical (unpaired) electrons. The average Bonchev–Trinajstić information content (AvgIpc) is 3.61. The summed E-state index contributed by atoms with van der Waals surface area (Å²) in [6.07, 6.45) is 7.33. The molecule has 0 bridgehead atoms. The van der Waals surface area contributed by atoms with Gasteiger partial charge in [0, 0.05) is 50.7 Å². The highest BCUT2D eigenvalue weighted by atomic mass is 15.3. The van der Waals surface area contributed by atoms with Gasteiger partial charge in [-0.25, -0.2) is 0 Å². The van der Waals surface area contributed by atoms with Crippen LogP contribution in [0.3, 0.4) is 0 Å². The molecular formula is C70H74BN3. The van der Waals surface area contributed by atoms with Crippen molar-refractivity contribution in [1.82, 2.24) is 0 Å². The molecule has 2 unspecified atom stereocenters. The Balaban J connectivity index is 1.24. The molecule has 4 aliphatic rings. The summed E-state index contributed by atoms with van der Waals surface area (Å²) < 4.78 is 0. The molecule has 0 spiro atoms. The lowest BCUT2D eigenvalue weighted by Crippen LogP contribution is -2.61. The third-order valence-corrected chi connectivity index (χ3v) is 18.0. The van der Waals surface area contributed by atoms with Crippen LogP contribution in [0.15, 0.2) is 176 Å². The van der Waals surface area contributed by atoms with Gasteiger partial charge in [0.25, 0.3) is 6.71 Å². The van der Waals surface area contributed by atoms with Gasteiger partial charge in [-0.2, -0.15) is 0 Å². The first-order valence-electron chi connectivity index (χ1n) is 27.7. The second-order valence-electron chi connectivity index (χ2n) is 25.7. The molecule has 1 fully saturated rings. The molecular weight excluding hydrogens is 894 g/mol. The van der Waals surface area contributed by atoms with Crippen molar-refractivity contribution in [2.75, 3.05) is 14.7 Å². The summed E-state index contributed by atoms with van der Waals surface area (Å²) in [6.45, 7) is 26.3. The molecule has 8 aromatic rings. The van der Waals surface area contributed by atoms with Crippen LogP contribution >= 0.6 is 0 Å². The molecule has 0 aromatic heterocycles. The first-order valence-corrected chi connectivity index (χ1v) is 27.7. The lowest BCUT2D eigenvalue weighted by molar-refractivity contribution is 0.218. The molecule has 1 aliphatic carbocycles. The van der Waals surface area contributed by atoms with E-state index >= 15 is 0 Å². The summed E-state index contributed by atoms with van der Waals surface area (Å²) in [4.78, 5) is 8.20. The van der Waals surface area contributed by atoms with E-state index in [9.17, 15) is 0 Å². The summed E-state index contributed by atoms with van der Waals surface area (Å²) in [7, 11) is 0. The minimum absolute atomic E-state index is 0.0158. The van der Waals surface area contributed by atoms with Gasteiger partial charge >= 0.3 is 0 Å². The van der Waals surface area contributed by atoms with Crippen LogP contribution in [0.2, 0.25) is 0 Å². The molecule has 8 aromatic carbocycles. The fraction of sp³-hybridized carbons (Fsp3) is 0.314. The molecule has 2 atom stereocenters. The number of anilines is 8. The monoisotopic (exact) mass is 968 g/mol. The summed E-state index contributed by atoms with van der Waals surface area (Å²) in [5, 5.41) is 0. The van der Waals surface area contributed by atoms with Crippen molar-refractivity contribution in [2.45, 2.75) is 142 Å². The van der Waals surface area contributed by atoms with Crippen LogP contribution in [0.5, 0.6) is 0 Å². The first-order chi connectivity index (χ1) is 35.4. The molecule has 74 heavy (non-hydrogen) atoms. The summed E-state index contributed by atoms with van der Waals surface area (Å²) >= 11 is 0. The van der Waals surface area contributed by atoms with E-state index in [0.717, 1.165) is 6.42 Å². The van der Waals surface area contributed by atoms with Gasteiger partial charge in [0.15, 0.2) is 0 Å². The van der Waals surface area contributed by atoms with E-state index in [0.29, 0.717) is 0 Å². The SMILES string of the molecule is CC(C)(C)c1ccc(N2c3ccccc3B3c4ccc(C(C)(C)C)cc4N(c4ccc(C(C)(C)C)cc4-c4ccccc4)c4cc(N5c6ccccc6C6(C)CCCCCCC56C)cc2c43)c(-c2ccccc2)c1.